The number of piperazine rings is 1. The number of para-hydroxylation sites is 2. The molecule has 2 heterocycles. The van der Waals surface area contributed by atoms with Gasteiger partial charge in [0.15, 0.2) is 0 Å². The second-order valence-corrected chi connectivity index (χ2v) is 8.25. The number of nitrogens with zero attached hydrogens (tertiary/aromatic N) is 4. The van der Waals surface area contributed by atoms with Gasteiger partial charge >= 0.3 is 0 Å². The van der Waals surface area contributed by atoms with Crippen LogP contribution in [0.2, 0.25) is 0 Å². The van der Waals surface area contributed by atoms with Crippen LogP contribution in [0, 0.1) is 6.92 Å². The maximum Gasteiger partial charge on any atom is 0.123 e. The number of imidazole rings is 1. The van der Waals surface area contributed by atoms with Gasteiger partial charge < -0.3 is 14.4 Å². The van der Waals surface area contributed by atoms with Crippen LogP contribution in [-0.4, -0.2) is 63.9 Å². The molecule has 0 bridgehead atoms. The lowest BCUT2D eigenvalue weighted by Gasteiger charge is -2.41. The van der Waals surface area contributed by atoms with Gasteiger partial charge in [-0.3, -0.25) is 9.80 Å². The zero-order valence-electron chi connectivity index (χ0n) is 18.2. The summed E-state index contributed by atoms with van der Waals surface area (Å²) < 4.78 is 7.59. The van der Waals surface area contributed by atoms with E-state index in [9.17, 15) is 5.11 Å². The van der Waals surface area contributed by atoms with Crippen molar-refractivity contribution in [1.29, 1.82) is 0 Å². The van der Waals surface area contributed by atoms with Crippen LogP contribution in [-0.2, 0) is 20.1 Å². The number of aromatic nitrogens is 2. The monoisotopic (exact) mass is 408 g/mol. The molecule has 0 spiro atoms. The number of aryl methyl sites for hydroxylation is 2. The Labute approximate surface area is 178 Å². The topological polar surface area (TPSA) is 53.8 Å². The van der Waals surface area contributed by atoms with E-state index >= 15 is 0 Å². The fourth-order valence-corrected chi connectivity index (χ4v) is 4.54. The summed E-state index contributed by atoms with van der Waals surface area (Å²) in [4.78, 5) is 9.81. The van der Waals surface area contributed by atoms with E-state index < -0.39 is 0 Å². The van der Waals surface area contributed by atoms with Crippen LogP contribution in [0.4, 0.5) is 0 Å². The van der Waals surface area contributed by atoms with E-state index in [1.807, 2.05) is 12.1 Å². The maximum atomic E-state index is 9.65. The van der Waals surface area contributed by atoms with E-state index in [-0.39, 0.29) is 6.61 Å². The van der Waals surface area contributed by atoms with Gasteiger partial charge in [-0.05, 0) is 42.7 Å². The van der Waals surface area contributed by atoms with E-state index in [1.165, 1.54) is 11.1 Å². The van der Waals surface area contributed by atoms with Crippen LogP contribution in [0.15, 0.2) is 42.5 Å². The molecule has 1 unspecified atom stereocenters. The minimum absolute atomic E-state index is 0.211. The van der Waals surface area contributed by atoms with Crippen molar-refractivity contribution in [3.05, 3.63) is 59.4 Å². The van der Waals surface area contributed by atoms with E-state index in [4.69, 9.17) is 9.72 Å². The van der Waals surface area contributed by atoms with Crippen molar-refractivity contribution in [1.82, 2.24) is 19.4 Å². The SMILES string of the molecule is COc1ccc(CN2CCN(Cc3nc4ccccc4n3C)CC2CCO)cc1C. The van der Waals surface area contributed by atoms with Crippen molar-refractivity contribution in [2.45, 2.75) is 32.5 Å². The number of methoxy groups -OCH3 is 1. The number of aliphatic hydroxyl groups excluding tert-OH is 1. The van der Waals surface area contributed by atoms with Crippen molar-refractivity contribution in [3.8, 4) is 5.75 Å². The van der Waals surface area contributed by atoms with Gasteiger partial charge in [-0.2, -0.15) is 0 Å². The Morgan fingerprint density at radius 3 is 2.70 bits per heavy atom. The molecule has 6 nitrogen and oxygen atoms in total. The lowest BCUT2D eigenvalue weighted by atomic mass is 10.1. The van der Waals surface area contributed by atoms with E-state index in [0.29, 0.717) is 6.04 Å². The fraction of sp³-hybridized carbons (Fsp3) is 0.458. The first-order valence-electron chi connectivity index (χ1n) is 10.7. The minimum Gasteiger partial charge on any atom is -0.496 e. The number of hydrogen-bond acceptors (Lipinski definition) is 5. The summed E-state index contributed by atoms with van der Waals surface area (Å²) >= 11 is 0. The first-order valence-corrected chi connectivity index (χ1v) is 10.7. The standard InChI is InChI=1S/C24H32N4O2/c1-18-14-19(8-9-23(18)30-3)15-28-12-11-27(16-20(28)10-13-29)17-24-25-21-6-4-5-7-22(21)26(24)2/h4-9,14,20,29H,10-13,15-17H2,1-3H3. The number of hydrogen-bond donors (Lipinski definition) is 1. The molecular formula is C24H32N4O2. The highest BCUT2D eigenvalue weighted by Gasteiger charge is 2.27. The van der Waals surface area contributed by atoms with Gasteiger partial charge in [0.2, 0.25) is 0 Å². The third kappa shape index (κ3) is 4.36. The third-order valence-corrected chi connectivity index (χ3v) is 6.24. The molecule has 0 amide bonds. The smallest absolute Gasteiger partial charge is 0.123 e. The summed E-state index contributed by atoms with van der Waals surface area (Å²) in [7, 11) is 3.81. The van der Waals surface area contributed by atoms with Crippen molar-refractivity contribution in [2.24, 2.45) is 7.05 Å². The molecule has 1 aliphatic heterocycles. The summed E-state index contributed by atoms with van der Waals surface area (Å²) in [5, 5.41) is 9.65. The average molecular weight is 409 g/mol. The second kappa shape index (κ2) is 9.16. The largest absolute Gasteiger partial charge is 0.496 e. The van der Waals surface area contributed by atoms with Crippen molar-refractivity contribution in [2.75, 3.05) is 33.4 Å². The van der Waals surface area contributed by atoms with Crippen molar-refractivity contribution < 1.29 is 9.84 Å². The molecule has 0 radical (unpaired) electrons. The van der Waals surface area contributed by atoms with E-state index in [2.05, 4.69) is 58.7 Å². The average Bonchev–Trinajstić information content (AvgIpc) is 3.06. The summed E-state index contributed by atoms with van der Waals surface area (Å²) in [5.41, 5.74) is 4.68. The van der Waals surface area contributed by atoms with Crippen LogP contribution >= 0.6 is 0 Å². The minimum atomic E-state index is 0.211. The number of ether oxygens (including phenoxy) is 1. The molecule has 1 N–H and O–H groups in total. The van der Waals surface area contributed by atoms with Crippen molar-refractivity contribution >= 4 is 11.0 Å². The molecule has 160 valence electrons. The molecule has 0 aliphatic carbocycles. The molecule has 6 heteroatoms. The Bertz CT molecular complexity index is 1000. The van der Waals surface area contributed by atoms with Gasteiger partial charge in [0, 0.05) is 45.9 Å². The van der Waals surface area contributed by atoms with Crippen LogP contribution < -0.4 is 4.74 Å². The van der Waals surface area contributed by atoms with Gasteiger partial charge in [0.05, 0.1) is 24.7 Å². The Hall–Kier alpha value is -2.41. The molecule has 1 aliphatic rings. The fourth-order valence-electron chi connectivity index (χ4n) is 4.54. The number of rotatable bonds is 7. The van der Waals surface area contributed by atoms with Crippen LogP contribution in [0.25, 0.3) is 11.0 Å². The second-order valence-electron chi connectivity index (χ2n) is 8.25. The highest BCUT2D eigenvalue weighted by atomic mass is 16.5. The van der Waals surface area contributed by atoms with E-state index in [0.717, 1.165) is 61.8 Å². The summed E-state index contributed by atoms with van der Waals surface area (Å²) in [5.74, 6) is 2.02. The quantitative estimate of drug-likeness (QED) is 0.651. The Kier molecular flexibility index (Phi) is 6.37. The molecule has 3 aromatic rings. The Morgan fingerprint density at radius 2 is 1.97 bits per heavy atom. The number of fused-ring (bicyclic) bond motifs is 1. The van der Waals surface area contributed by atoms with Crippen LogP contribution in [0.5, 0.6) is 5.75 Å². The molecule has 4 rings (SSSR count). The van der Waals surface area contributed by atoms with Gasteiger partial charge in [0.25, 0.3) is 0 Å². The molecular weight excluding hydrogens is 376 g/mol. The molecule has 2 aromatic carbocycles. The lowest BCUT2D eigenvalue weighted by molar-refractivity contribution is 0.0484. The summed E-state index contributed by atoms with van der Waals surface area (Å²) in [6.07, 6.45) is 0.786. The third-order valence-electron chi connectivity index (χ3n) is 6.24. The first-order chi connectivity index (χ1) is 14.6. The highest BCUT2D eigenvalue weighted by molar-refractivity contribution is 5.75. The predicted molar refractivity (Wildman–Crippen MR) is 120 cm³/mol. The Morgan fingerprint density at radius 1 is 1.13 bits per heavy atom. The van der Waals surface area contributed by atoms with Crippen LogP contribution in [0.3, 0.4) is 0 Å². The highest BCUT2D eigenvalue weighted by Crippen LogP contribution is 2.23. The Balaban J connectivity index is 1.44. The first kappa shape index (κ1) is 20.8. The lowest BCUT2D eigenvalue weighted by Crippen LogP contribution is -2.52. The number of aliphatic hydroxyl groups is 1. The van der Waals surface area contributed by atoms with Gasteiger partial charge in [-0.1, -0.05) is 24.3 Å². The van der Waals surface area contributed by atoms with Gasteiger partial charge in [0.1, 0.15) is 11.6 Å². The van der Waals surface area contributed by atoms with Gasteiger partial charge in [-0.15, -0.1) is 0 Å². The molecule has 0 saturated carbocycles. The van der Waals surface area contributed by atoms with Gasteiger partial charge in [-0.25, -0.2) is 4.98 Å². The zero-order valence-corrected chi connectivity index (χ0v) is 18.2. The molecule has 1 saturated heterocycles. The molecule has 30 heavy (non-hydrogen) atoms. The summed E-state index contributed by atoms with van der Waals surface area (Å²) in [6.45, 7) is 6.96. The normalized spacial score (nSPS) is 18.2. The molecule has 1 fully saturated rings. The maximum absolute atomic E-state index is 9.65. The predicted octanol–water partition coefficient (Wildman–Crippen LogP) is 2.96. The summed E-state index contributed by atoms with van der Waals surface area (Å²) in [6, 6.07) is 15.0. The van der Waals surface area contributed by atoms with Crippen molar-refractivity contribution in [3.63, 3.8) is 0 Å². The van der Waals surface area contributed by atoms with E-state index in [1.54, 1.807) is 7.11 Å². The molecule has 1 atom stereocenters. The number of benzene rings is 2. The zero-order chi connectivity index (χ0) is 21.1. The van der Waals surface area contributed by atoms with Crippen LogP contribution in [0.1, 0.15) is 23.4 Å². The molecule has 1 aromatic heterocycles.